The van der Waals surface area contributed by atoms with Gasteiger partial charge in [-0.15, -0.1) is 5.10 Å². The van der Waals surface area contributed by atoms with Crippen molar-refractivity contribution in [1.82, 2.24) is 20.1 Å². The number of carbonyl (C=O) groups is 1. The molecular formula is C16H28N4O2. The topological polar surface area (TPSA) is 80.0 Å². The number of amides is 1. The van der Waals surface area contributed by atoms with Crippen LogP contribution in [-0.2, 0) is 5.54 Å². The molecule has 1 amide bonds. The molecule has 22 heavy (non-hydrogen) atoms. The van der Waals surface area contributed by atoms with E-state index in [1.807, 2.05) is 20.8 Å². The SMILES string of the molecule is CC(C)(C)n1cnc(C(=O)NC(CCO)C2CCCCC2)n1. The lowest BCUT2D eigenvalue weighted by atomic mass is 9.82. The first kappa shape index (κ1) is 16.9. The molecule has 0 spiro atoms. The lowest BCUT2D eigenvalue weighted by Gasteiger charge is -2.30. The Hall–Kier alpha value is -1.43. The number of rotatable bonds is 5. The first-order valence-electron chi connectivity index (χ1n) is 8.25. The summed E-state index contributed by atoms with van der Waals surface area (Å²) in [7, 11) is 0. The smallest absolute Gasteiger partial charge is 0.291 e. The molecule has 0 aliphatic heterocycles. The summed E-state index contributed by atoms with van der Waals surface area (Å²) < 4.78 is 1.70. The molecule has 1 aromatic heterocycles. The maximum Gasteiger partial charge on any atom is 0.291 e. The highest BCUT2D eigenvalue weighted by Gasteiger charge is 2.26. The summed E-state index contributed by atoms with van der Waals surface area (Å²) in [6, 6.07) is 0.0133. The van der Waals surface area contributed by atoms with Crippen LogP contribution in [0.1, 0.15) is 69.9 Å². The highest BCUT2D eigenvalue weighted by Crippen LogP contribution is 2.27. The normalized spacial score (nSPS) is 18.2. The molecule has 1 fully saturated rings. The van der Waals surface area contributed by atoms with E-state index in [0.717, 1.165) is 12.8 Å². The van der Waals surface area contributed by atoms with Gasteiger partial charge in [-0.2, -0.15) is 0 Å². The largest absolute Gasteiger partial charge is 0.396 e. The third-order valence-corrected chi connectivity index (χ3v) is 4.36. The number of aliphatic hydroxyl groups excluding tert-OH is 1. The second kappa shape index (κ2) is 7.22. The average molecular weight is 308 g/mol. The van der Waals surface area contributed by atoms with E-state index in [9.17, 15) is 9.90 Å². The van der Waals surface area contributed by atoms with Crippen molar-refractivity contribution in [2.45, 2.75) is 70.9 Å². The number of hydrogen-bond acceptors (Lipinski definition) is 4. The Kier molecular flexibility index (Phi) is 5.56. The zero-order valence-electron chi connectivity index (χ0n) is 13.9. The summed E-state index contributed by atoms with van der Waals surface area (Å²) in [6.45, 7) is 6.13. The molecule has 0 radical (unpaired) electrons. The van der Waals surface area contributed by atoms with Crippen LogP contribution in [0.25, 0.3) is 0 Å². The highest BCUT2D eigenvalue weighted by molar-refractivity contribution is 5.90. The molecule has 1 aliphatic carbocycles. The Labute approximate surface area is 132 Å². The first-order valence-corrected chi connectivity index (χ1v) is 8.25. The number of aliphatic hydroxyl groups is 1. The van der Waals surface area contributed by atoms with Crippen LogP contribution in [0, 0.1) is 5.92 Å². The number of nitrogens with zero attached hydrogens (tertiary/aromatic N) is 3. The summed E-state index contributed by atoms with van der Waals surface area (Å²) in [4.78, 5) is 16.5. The van der Waals surface area contributed by atoms with Gasteiger partial charge in [0.2, 0.25) is 5.82 Å². The van der Waals surface area contributed by atoms with Gasteiger partial charge in [0.1, 0.15) is 6.33 Å². The van der Waals surface area contributed by atoms with Gasteiger partial charge in [0.05, 0.1) is 5.54 Å². The van der Waals surface area contributed by atoms with Crippen molar-refractivity contribution >= 4 is 5.91 Å². The van der Waals surface area contributed by atoms with Gasteiger partial charge >= 0.3 is 0 Å². The van der Waals surface area contributed by atoms with E-state index in [4.69, 9.17) is 0 Å². The van der Waals surface area contributed by atoms with E-state index >= 15 is 0 Å². The monoisotopic (exact) mass is 308 g/mol. The number of hydrogen-bond donors (Lipinski definition) is 2. The molecule has 1 saturated carbocycles. The van der Waals surface area contributed by atoms with Crippen LogP contribution in [0.15, 0.2) is 6.33 Å². The van der Waals surface area contributed by atoms with E-state index in [1.54, 1.807) is 11.0 Å². The van der Waals surface area contributed by atoms with Crippen LogP contribution in [0.4, 0.5) is 0 Å². The second-order valence-corrected chi connectivity index (χ2v) is 7.17. The maximum absolute atomic E-state index is 12.4. The van der Waals surface area contributed by atoms with Crippen molar-refractivity contribution in [3.05, 3.63) is 12.2 Å². The molecule has 6 heteroatoms. The third-order valence-electron chi connectivity index (χ3n) is 4.36. The molecular weight excluding hydrogens is 280 g/mol. The lowest BCUT2D eigenvalue weighted by molar-refractivity contribution is 0.0888. The Morgan fingerprint density at radius 3 is 2.64 bits per heavy atom. The summed E-state index contributed by atoms with van der Waals surface area (Å²) in [5.74, 6) is 0.412. The van der Waals surface area contributed by atoms with Crippen molar-refractivity contribution < 1.29 is 9.90 Å². The van der Waals surface area contributed by atoms with E-state index in [1.165, 1.54) is 19.3 Å². The number of aromatic nitrogens is 3. The standard InChI is InChI=1S/C16H28N4O2/c1-16(2,3)20-11-17-14(19-20)15(22)18-13(9-10-21)12-7-5-4-6-8-12/h11-13,21H,4-10H2,1-3H3,(H,18,22). The van der Waals surface area contributed by atoms with Crippen molar-refractivity contribution in [1.29, 1.82) is 0 Å². The zero-order chi connectivity index (χ0) is 16.2. The fourth-order valence-corrected chi connectivity index (χ4v) is 3.02. The minimum Gasteiger partial charge on any atom is -0.396 e. The highest BCUT2D eigenvalue weighted by atomic mass is 16.3. The van der Waals surface area contributed by atoms with E-state index in [-0.39, 0.29) is 29.9 Å². The van der Waals surface area contributed by atoms with Gasteiger partial charge in [-0.05, 0) is 46.0 Å². The minimum atomic E-state index is -0.243. The van der Waals surface area contributed by atoms with E-state index in [0.29, 0.717) is 12.3 Å². The van der Waals surface area contributed by atoms with Crippen LogP contribution in [-0.4, -0.2) is 38.4 Å². The Morgan fingerprint density at radius 2 is 2.09 bits per heavy atom. The summed E-state index contributed by atoms with van der Waals surface area (Å²) in [6.07, 6.45) is 8.11. The lowest BCUT2D eigenvalue weighted by Crippen LogP contribution is -2.42. The maximum atomic E-state index is 12.4. The molecule has 2 rings (SSSR count). The quantitative estimate of drug-likeness (QED) is 0.873. The fraction of sp³-hybridized carbons (Fsp3) is 0.812. The van der Waals surface area contributed by atoms with Gasteiger partial charge < -0.3 is 10.4 Å². The summed E-state index contributed by atoms with van der Waals surface area (Å²) in [5.41, 5.74) is -0.195. The molecule has 1 aliphatic rings. The van der Waals surface area contributed by atoms with Gasteiger partial charge in [-0.25, -0.2) is 9.67 Å². The van der Waals surface area contributed by atoms with Crippen LogP contribution in [0.2, 0.25) is 0 Å². The second-order valence-electron chi connectivity index (χ2n) is 7.17. The van der Waals surface area contributed by atoms with Crippen LogP contribution in [0.3, 0.4) is 0 Å². The van der Waals surface area contributed by atoms with Crippen LogP contribution < -0.4 is 5.32 Å². The van der Waals surface area contributed by atoms with E-state index < -0.39 is 0 Å². The molecule has 2 N–H and O–H groups in total. The predicted octanol–water partition coefficient (Wildman–Crippen LogP) is 2.09. The summed E-state index contributed by atoms with van der Waals surface area (Å²) >= 11 is 0. The molecule has 1 unspecified atom stereocenters. The summed E-state index contributed by atoms with van der Waals surface area (Å²) in [5, 5.41) is 16.6. The van der Waals surface area contributed by atoms with Crippen LogP contribution >= 0.6 is 0 Å². The average Bonchev–Trinajstić information content (AvgIpc) is 2.98. The molecule has 1 heterocycles. The molecule has 1 aromatic rings. The first-order chi connectivity index (χ1) is 10.4. The molecule has 0 bridgehead atoms. The Bertz CT molecular complexity index is 487. The van der Waals surface area contributed by atoms with Crippen molar-refractivity contribution in [3.63, 3.8) is 0 Å². The van der Waals surface area contributed by atoms with Gasteiger partial charge in [0.25, 0.3) is 5.91 Å². The predicted molar refractivity (Wildman–Crippen MR) is 84.6 cm³/mol. The van der Waals surface area contributed by atoms with Crippen LogP contribution in [0.5, 0.6) is 0 Å². The molecule has 1 atom stereocenters. The Morgan fingerprint density at radius 1 is 1.41 bits per heavy atom. The van der Waals surface area contributed by atoms with Gasteiger partial charge in [-0.3, -0.25) is 4.79 Å². The van der Waals surface area contributed by atoms with E-state index in [2.05, 4.69) is 15.4 Å². The Balaban J connectivity index is 2.02. The zero-order valence-corrected chi connectivity index (χ0v) is 13.9. The number of carbonyl (C=O) groups excluding carboxylic acids is 1. The molecule has 0 aromatic carbocycles. The minimum absolute atomic E-state index is 0.0133. The van der Waals surface area contributed by atoms with Crippen molar-refractivity contribution in [2.24, 2.45) is 5.92 Å². The van der Waals surface area contributed by atoms with Gasteiger partial charge in [0, 0.05) is 12.6 Å². The third kappa shape index (κ3) is 4.29. The fourth-order valence-electron chi connectivity index (χ4n) is 3.02. The van der Waals surface area contributed by atoms with Gasteiger partial charge in [-0.1, -0.05) is 19.3 Å². The number of nitrogens with one attached hydrogen (secondary N) is 1. The van der Waals surface area contributed by atoms with Gasteiger partial charge in [0.15, 0.2) is 0 Å². The molecule has 0 saturated heterocycles. The van der Waals surface area contributed by atoms with Crippen molar-refractivity contribution in [2.75, 3.05) is 6.61 Å². The molecule has 6 nitrogen and oxygen atoms in total. The molecule has 124 valence electrons. The van der Waals surface area contributed by atoms with Crippen molar-refractivity contribution in [3.8, 4) is 0 Å².